The van der Waals surface area contributed by atoms with Crippen LogP contribution in [0, 0.1) is 0 Å². The summed E-state index contributed by atoms with van der Waals surface area (Å²) in [6.45, 7) is 0.330. The average molecular weight is 230 g/mol. The molecule has 1 saturated carbocycles. The van der Waals surface area contributed by atoms with E-state index >= 15 is 0 Å². The summed E-state index contributed by atoms with van der Waals surface area (Å²) in [7, 11) is -2.98. The van der Waals surface area contributed by atoms with Gasteiger partial charge in [0.2, 0.25) is 0 Å². The zero-order valence-electron chi connectivity index (χ0n) is 8.50. The molecular formula is C8H14N4O2S. The van der Waals surface area contributed by atoms with Gasteiger partial charge in [-0.25, -0.2) is 13.1 Å². The molecule has 2 rings (SSSR count). The number of nitrogens with zero attached hydrogens (tertiary/aromatic N) is 3. The Kier molecular flexibility index (Phi) is 2.51. The average Bonchev–Trinajstić information content (AvgIpc) is 2.47. The van der Waals surface area contributed by atoms with E-state index in [1.807, 2.05) is 0 Å². The minimum atomic E-state index is -2.98. The zero-order valence-corrected chi connectivity index (χ0v) is 9.31. The highest BCUT2D eigenvalue weighted by molar-refractivity contribution is 7.91. The van der Waals surface area contributed by atoms with Gasteiger partial charge in [-0.15, -0.1) is 5.10 Å². The second-order valence-electron chi connectivity index (χ2n) is 3.91. The quantitative estimate of drug-likeness (QED) is 0.754. The molecule has 1 aromatic heterocycles. The van der Waals surface area contributed by atoms with Crippen molar-refractivity contribution in [3.05, 3.63) is 11.9 Å². The molecule has 1 aliphatic carbocycles. The van der Waals surface area contributed by atoms with Crippen LogP contribution in [0.25, 0.3) is 0 Å². The predicted octanol–water partition coefficient (Wildman–Crippen LogP) is -0.515. The summed E-state index contributed by atoms with van der Waals surface area (Å²) in [5.74, 6) is 0. The van der Waals surface area contributed by atoms with E-state index in [2.05, 4.69) is 10.3 Å². The number of hydrogen-bond acceptors (Lipinski definition) is 5. The zero-order chi connectivity index (χ0) is 11.1. The molecule has 1 aromatic rings. The fourth-order valence-electron chi connectivity index (χ4n) is 1.82. The molecule has 2 atom stereocenters. The molecule has 6 nitrogen and oxygen atoms in total. The maximum Gasteiger partial charge on any atom is 0.152 e. The maximum absolute atomic E-state index is 11.4. The molecule has 1 aliphatic rings. The van der Waals surface area contributed by atoms with E-state index in [0.717, 1.165) is 6.42 Å². The first-order valence-corrected chi connectivity index (χ1v) is 6.77. The van der Waals surface area contributed by atoms with Crippen molar-refractivity contribution in [1.29, 1.82) is 0 Å². The maximum atomic E-state index is 11.4. The minimum absolute atomic E-state index is 0.0622. The van der Waals surface area contributed by atoms with E-state index in [1.54, 1.807) is 10.9 Å². The summed E-state index contributed by atoms with van der Waals surface area (Å²) >= 11 is 0. The number of sulfone groups is 1. The van der Waals surface area contributed by atoms with Crippen LogP contribution in [0.5, 0.6) is 0 Å². The Morgan fingerprint density at radius 3 is 2.73 bits per heavy atom. The van der Waals surface area contributed by atoms with Gasteiger partial charge in [0.1, 0.15) is 0 Å². The van der Waals surface area contributed by atoms with Crippen molar-refractivity contribution in [1.82, 2.24) is 15.0 Å². The first-order valence-electron chi connectivity index (χ1n) is 4.82. The van der Waals surface area contributed by atoms with Gasteiger partial charge in [0.05, 0.1) is 23.2 Å². The van der Waals surface area contributed by atoms with E-state index in [9.17, 15) is 8.42 Å². The molecule has 2 N–H and O–H groups in total. The Morgan fingerprint density at radius 1 is 1.60 bits per heavy atom. The predicted molar refractivity (Wildman–Crippen MR) is 54.8 cm³/mol. The summed E-state index contributed by atoms with van der Waals surface area (Å²) < 4.78 is 24.4. The Hall–Kier alpha value is -0.950. The Balaban J connectivity index is 2.19. The summed E-state index contributed by atoms with van der Waals surface area (Å²) in [4.78, 5) is 0. The second kappa shape index (κ2) is 3.57. The molecule has 0 radical (unpaired) electrons. The summed E-state index contributed by atoms with van der Waals surface area (Å²) in [6, 6.07) is -0.0622. The molecule has 0 amide bonds. The van der Waals surface area contributed by atoms with Gasteiger partial charge in [-0.05, 0) is 12.8 Å². The fraction of sp³-hybridized carbons (Fsp3) is 0.750. The smallest absolute Gasteiger partial charge is 0.152 e. The van der Waals surface area contributed by atoms with Gasteiger partial charge in [0, 0.05) is 12.8 Å². The van der Waals surface area contributed by atoms with Crippen molar-refractivity contribution < 1.29 is 8.42 Å². The molecule has 0 aromatic carbocycles. The van der Waals surface area contributed by atoms with Gasteiger partial charge in [-0.3, -0.25) is 0 Å². The van der Waals surface area contributed by atoms with Crippen LogP contribution in [0.15, 0.2) is 6.20 Å². The number of aromatic nitrogens is 3. The van der Waals surface area contributed by atoms with Crippen LogP contribution >= 0.6 is 0 Å². The van der Waals surface area contributed by atoms with E-state index in [1.165, 1.54) is 6.26 Å². The van der Waals surface area contributed by atoms with Crippen molar-refractivity contribution in [2.45, 2.75) is 30.7 Å². The van der Waals surface area contributed by atoms with E-state index in [0.29, 0.717) is 18.7 Å². The third-order valence-electron chi connectivity index (χ3n) is 2.83. The van der Waals surface area contributed by atoms with Gasteiger partial charge < -0.3 is 5.73 Å². The highest BCUT2D eigenvalue weighted by atomic mass is 32.2. The van der Waals surface area contributed by atoms with Crippen LogP contribution in [0.3, 0.4) is 0 Å². The van der Waals surface area contributed by atoms with Crippen molar-refractivity contribution >= 4 is 9.84 Å². The lowest BCUT2D eigenvalue weighted by atomic mass is 9.92. The van der Waals surface area contributed by atoms with Crippen LogP contribution in [0.1, 0.15) is 24.6 Å². The normalized spacial score (nSPS) is 26.3. The highest BCUT2D eigenvalue weighted by Crippen LogP contribution is 2.36. The topological polar surface area (TPSA) is 90.9 Å². The number of nitrogens with two attached hydrogens (primary N) is 1. The molecule has 2 unspecified atom stereocenters. The SMILES string of the molecule is CS(=O)(=O)C1CCC1n1cc(CN)nn1. The first kappa shape index (κ1) is 10.6. The van der Waals surface area contributed by atoms with Crippen LogP contribution in [-0.4, -0.2) is 34.9 Å². The van der Waals surface area contributed by atoms with Crippen LogP contribution in [0.4, 0.5) is 0 Å². The van der Waals surface area contributed by atoms with E-state index in [4.69, 9.17) is 5.73 Å². The molecule has 7 heteroatoms. The Morgan fingerprint density at radius 2 is 2.33 bits per heavy atom. The van der Waals surface area contributed by atoms with E-state index < -0.39 is 9.84 Å². The molecular weight excluding hydrogens is 216 g/mol. The standard InChI is InChI=1S/C8H14N4O2S/c1-15(13,14)8-3-2-7(8)12-5-6(4-9)10-11-12/h5,7-8H,2-4,9H2,1H3. The van der Waals surface area contributed by atoms with Crippen molar-refractivity contribution in [2.75, 3.05) is 6.26 Å². The molecule has 0 spiro atoms. The molecule has 84 valence electrons. The van der Waals surface area contributed by atoms with Crippen molar-refractivity contribution in [3.63, 3.8) is 0 Å². The fourth-order valence-corrected chi connectivity index (χ4v) is 3.22. The molecule has 15 heavy (non-hydrogen) atoms. The highest BCUT2D eigenvalue weighted by Gasteiger charge is 2.40. The lowest BCUT2D eigenvalue weighted by Crippen LogP contribution is -2.40. The van der Waals surface area contributed by atoms with E-state index in [-0.39, 0.29) is 11.3 Å². The van der Waals surface area contributed by atoms with Gasteiger partial charge >= 0.3 is 0 Å². The number of rotatable bonds is 3. The first-order chi connectivity index (χ1) is 7.02. The molecule has 0 bridgehead atoms. The third kappa shape index (κ3) is 1.89. The monoisotopic (exact) mass is 230 g/mol. The Bertz CT molecular complexity index is 453. The van der Waals surface area contributed by atoms with Crippen LogP contribution < -0.4 is 5.73 Å². The van der Waals surface area contributed by atoms with Gasteiger partial charge in [0.25, 0.3) is 0 Å². The van der Waals surface area contributed by atoms with Gasteiger partial charge in [0.15, 0.2) is 9.84 Å². The van der Waals surface area contributed by atoms with Crippen molar-refractivity contribution in [3.8, 4) is 0 Å². The summed E-state index contributed by atoms with van der Waals surface area (Å²) in [5.41, 5.74) is 6.10. The molecule has 1 fully saturated rings. The van der Waals surface area contributed by atoms with Crippen LogP contribution in [-0.2, 0) is 16.4 Å². The molecule has 1 heterocycles. The van der Waals surface area contributed by atoms with Crippen LogP contribution in [0.2, 0.25) is 0 Å². The lowest BCUT2D eigenvalue weighted by molar-refractivity contribution is 0.286. The molecule has 0 saturated heterocycles. The summed E-state index contributed by atoms with van der Waals surface area (Å²) in [5, 5.41) is 7.43. The van der Waals surface area contributed by atoms with Crippen molar-refractivity contribution in [2.24, 2.45) is 5.73 Å². The number of hydrogen-bond donors (Lipinski definition) is 1. The third-order valence-corrected chi connectivity index (χ3v) is 4.48. The largest absolute Gasteiger partial charge is 0.325 e. The summed E-state index contributed by atoms with van der Waals surface area (Å²) in [6.07, 6.45) is 4.54. The second-order valence-corrected chi connectivity index (χ2v) is 6.17. The lowest BCUT2D eigenvalue weighted by Gasteiger charge is -2.34. The van der Waals surface area contributed by atoms with Gasteiger partial charge in [-0.2, -0.15) is 0 Å². The molecule has 0 aliphatic heterocycles. The Labute approximate surface area is 88.4 Å². The van der Waals surface area contributed by atoms with Gasteiger partial charge in [-0.1, -0.05) is 5.21 Å². The minimum Gasteiger partial charge on any atom is -0.325 e.